The van der Waals surface area contributed by atoms with Gasteiger partial charge in [-0.25, -0.2) is 0 Å². The fourth-order valence-electron chi connectivity index (χ4n) is 1.56. The lowest BCUT2D eigenvalue weighted by molar-refractivity contribution is 0.475. The highest BCUT2D eigenvalue weighted by molar-refractivity contribution is 5.66. The molecule has 0 fully saturated rings. The van der Waals surface area contributed by atoms with E-state index in [1.807, 2.05) is 38.4 Å². The van der Waals surface area contributed by atoms with E-state index in [0.717, 1.165) is 16.8 Å². The van der Waals surface area contributed by atoms with Crippen molar-refractivity contribution in [1.29, 1.82) is 0 Å². The minimum absolute atomic E-state index is 0.269. The van der Waals surface area contributed by atoms with Crippen LogP contribution in [0.1, 0.15) is 0 Å². The zero-order chi connectivity index (χ0) is 11.5. The van der Waals surface area contributed by atoms with Gasteiger partial charge >= 0.3 is 0 Å². The molecule has 0 aliphatic carbocycles. The summed E-state index contributed by atoms with van der Waals surface area (Å²) in [6.07, 6.45) is 0. The maximum absolute atomic E-state index is 9.39. The molecule has 16 heavy (non-hydrogen) atoms. The van der Waals surface area contributed by atoms with Gasteiger partial charge in [0.05, 0.1) is 0 Å². The van der Waals surface area contributed by atoms with Crippen LogP contribution in [0, 0.1) is 6.07 Å². The molecule has 1 radical (unpaired) electrons. The number of hydrogen-bond acceptors (Lipinski definition) is 2. The Hall–Kier alpha value is -1.96. The fourth-order valence-corrected chi connectivity index (χ4v) is 1.56. The zero-order valence-corrected chi connectivity index (χ0v) is 9.44. The Labute approximate surface area is 95.8 Å². The summed E-state index contributed by atoms with van der Waals surface area (Å²) in [6, 6.07) is 16.3. The van der Waals surface area contributed by atoms with Crippen molar-refractivity contribution in [2.45, 2.75) is 0 Å². The van der Waals surface area contributed by atoms with Crippen LogP contribution in [0.4, 0.5) is 5.69 Å². The number of nitrogens with zero attached hydrogens (tertiary/aromatic N) is 1. The smallest absolute Gasteiger partial charge is 0.116 e. The molecular formula is C14H14NO. The Bertz CT molecular complexity index is 474. The predicted molar refractivity (Wildman–Crippen MR) is 66.7 cm³/mol. The van der Waals surface area contributed by atoms with Crippen LogP contribution in [0.3, 0.4) is 0 Å². The summed E-state index contributed by atoms with van der Waals surface area (Å²) in [5.41, 5.74) is 3.12. The summed E-state index contributed by atoms with van der Waals surface area (Å²) in [7, 11) is 4.02. The van der Waals surface area contributed by atoms with Gasteiger partial charge in [0.15, 0.2) is 0 Å². The van der Waals surface area contributed by atoms with Crippen LogP contribution in [-0.4, -0.2) is 19.2 Å². The standard InChI is InChI=1S/C14H14NO/c1-15(2)13-8-6-11(7-9-13)12-4-3-5-14(16)10-12/h3,5-10,16H,1-2H3. The van der Waals surface area contributed by atoms with Gasteiger partial charge in [0, 0.05) is 19.8 Å². The Balaban J connectivity index is 2.35. The van der Waals surface area contributed by atoms with Gasteiger partial charge in [-0.15, -0.1) is 0 Å². The third-order valence-corrected chi connectivity index (χ3v) is 2.48. The van der Waals surface area contributed by atoms with Crippen molar-refractivity contribution in [3.8, 4) is 16.9 Å². The van der Waals surface area contributed by atoms with Gasteiger partial charge in [0.1, 0.15) is 5.75 Å². The summed E-state index contributed by atoms with van der Waals surface area (Å²) in [5.74, 6) is 0.269. The van der Waals surface area contributed by atoms with Crippen molar-refractivity contribution >= 4 is 5.69 Å². The molecule has 0 saturated heterocycles. The molecule has 2 nitrogen and oxygen atoms in total. The van der Waals surface area contributed by atoms with Crippen molar-refractivity contribution in [1.82, 2.24) is 0 Å². The normalized spacial score (nSPS) is 10.1. The van der Waals surface area contributed by atoms with Crippen LogP contribution in [0.15, 0.2) is 42.5 Å². The number of benzene rings is 2. The highest BCUT2D eigenvalue weighted by Crippen LogP contribution is 2.24. The number of rotatable bonds is 2. The van der Waals surface area contributed by atoms with Crippen LogP contribution in [0.5, 0.6) is 5.75 Å². The lowest BCUT2D eigenvalue weighted by atomic mass is 10.1. The van der Waals surface area contributed by atoms with Crippen LogP contribution >= 0.6 is 0 Å². The van der Waals surface area contributed by atoms with E-state index in [4.69, 9.17) is 0 Å². The zero-order valence-electron chi connectivity index (χ0n) is 9.44. The number of aromatic hydroxyl groups is 1. The molecule has 2 aromatic rings. The molecule has 0 atom stereocenters. The highest BCUT2D eigenvalue weighted by atomic mass is 16.3. The molecule has 1 N–H and O–H groups in total. The third kappa shape index (κ3) is 2.16. The Morgan fingerprint density at radius 3 is 2.31 bits per heavy atom. The van der Waals surface area contributed by atoms with Crippen LogP contribution in [0.2, 0.25) is 0 Å². The Morgan fingerprint density at radius 1 is 1.06 bits per heavy atom. The average molecular weight is 212 g/mol. The Morgan fingerprint density at radius 2 is 1.75 bits per heavy atom. The molecule has 81 valence electrons. The lowest BCUT2D eigenvalue weighted by Gasteiger charge is -2.12. The van der Waals surface area contributed by atoms with Gasteiger partial charge in [0.25, 0.3) is 0 Å². The van der Waals surface area contributed by atoms with Crippen molar-refractivity contribution in [3.05, 3.63) is 48.5 Å². The molecule has 0 aromatic heterocycles. The van der Waals surface area contributed by atoms with Gasteiger partial charge in [-0.3, -0.25) is 0 Å². The van der Waals surface area contributed by atoms with Crippen molar-refractivity contribution < 1.29 is 5.11 Å². The largest absolute Gasteiger partial charge is 0.508 e. The first-order chi connectivity index (χ1) is 7.66. The maximum Gasteiger partial charge on any atom is 0.116 e. The van der Waals surface area contributed by atoms with Gasteiger partial charge < -0.3 is 10.0 Å². The predicted octanol–water partition coefficient (Wildman–Crippen LogP) is 2.93. The third-order valence-electron chi connectivity index (χ3n) is 2.48. The van der Waals surface area contributed by atoms with Crippen LogP contribution < -0.4 is 4.90 Å². The van der Waals surface area contributed by atoms with Crippen LogP contribution in [0.25, 0.3) is 11.1 Å². The van der Waals surface area contributed by atoms with Gasteiger partial charge in [-0.2, -0.15) is 0 Å². The van der Waals surface area contributed by atoms with Crippen molar-refractivity contribution in [2.75, 3.05) is 19.0 Å². The summed E-state index contributed by atoms with van der Waals surface area (Å²) in [5, 5.41) is 9.39. The molecule has 0 saturated carbocycles. The topological polar surface area (TPSA) is 23.5 Å². The van der Waals surface area contributed by atoms with E-state index >= 15 is 0 Å². The quantitative estimate of drug-likeness (QED) is 0.827. The average Bonchev–Trinajstić information content (AvgIpc) is 2.29. The number of anilines is 1. The summed E-state index contributed by atoms with van der Waals surface area (Å²) in [6.45, 7) is 0. The summed E-state index contributed by atoms with van der Waals surface area (Å²) in [4.78, 5) is 2.05. The number of hydrogen-bond donors (Lipinski definition) is 1. The molecule has 0 bridgehead atoms. The molecule has 0 aliphatic rings. The molecule has 0 aliphatic heterocycles. The second kappa shape index (κ2) is 4.27. The van der Waals surface area contributed by atoms with E-state index in [1.165, 1.54) is 0 Å². The molecule has 2 aromatic carbocycles. The van der Waals surface area contributed by atoms with E-state index in [2.05, 4.69) is 11.0 Å². The first-order valence-electron chi connectivity index (χ1n) is 5.15. The monoisotopic (exact) mass is 212 g/mol. The lowest BCUT2D eigenvalue weighted by Crippen LogP contribution is -2.07. The molecule has 0 heterocycles. The minimum atomic E-state index is 0.269. The number of phenolic OH excluding ortho intramolecular Hbond substituents is 1. The first-order valence-corrected chi connectivity index (χ1v) is 5.15. The van der Waals surface area contributed by atoms with E-state index in [-0.39, 0.29) is 5.75 Å². The minimum Gasteiger partial charge on any atom is -0.508 e. The van der Waals surface area contributed by atoms with Gasteiger partial charge in [-0.05, 0) is 41.5 Å². The van der Waals surface area contributed by atoms with E-state index in [1.54, 1.807) is 18.2 Å². The summed E-state index contributed by atoms with van der Waals surface area (Å²) >= 11 is 0. The Kier molecular flexibility index (Phi) is 2.82. The fraction of sp³-hybridized carbons (Fsp3) is 0.143. The molecule has 2 heteroatoms. The maximum atomic E-state index is 9.39. The first kappa shape index (κ1) is 10.6. The van der Waals surface area contributed by atoms with Crippen molar-refractivity contribution in [3.63, 3.8) is 0 Å². The SMILES string of the molecule is CN(C)c1ccc(-c2[c]ccc(O)c2)cc1. The van der Waals surface area contributed by atoms with Crippen LogP contribution in [-0.2, 0) is 0 Å². The molecular weight excluding hydrogens is 198 g/mol. The van der Waals surface area contributed by atoms with E-state index < -0.39 is 0 Å². The van der Waals surface area contributed by atoms with Gasteiger partial charge in [-0.1, -0.05) is 18.2 Å². The number of phenols is 1. The van der Waals surface area contributed by atoms with Gasteiger partial charge in [0.2, 0.25) is 0 Å². The molecule has 0 unspecified atom stereocenters. The highest BCUT2D eigenvalue weighted by Gasteiger charge is 2.00. The summed E-state index contributed by atoms with van der Waals surface area (Å²) < 4.78 is 0. The van der Waals surface area contributed by atoms with Crippen molar-refractivity contribution in [2.24, 2.45) is 0 Å². The molecule has 0 spiro atoms. The van der Waals surface area contributed by atoms with E-state index in [0.29, 0.717) is 0 Å². The second-order valence-corrected chi connectivity index (χ2v) is 3.90. The molecule has 2 rings (SSSR count). The van der Waals surface area contributed by atoms with E-state index in [9.17, 15) is 5.11 Å². The second-order valence-electron chi connectivity index (χ2n) is 3.90. The molecule has 0 amide bonds.